The number of nitrogens with one attached hydrogen (secondary N) is 1. The average Bonchev–Trinajstić information content (AvgIpc) is 2.27. The van der Waals surface area contributed by atoms with E-state index >= 15 is 0 Å². The van der Waals surface area contributed by atoms with Crippen LogP contribution in [0.1, 0.15) is 10.5 Å². The molecule has 0 radical (unpaired) electrons. The van der Waals surface area contributed by atoms with Gasteiger partial charge in [-0.05, 0) is 6.07 Å². The number of hydrogen-bond donors (Lipinski definition) is 1. The minimum absolute atomic E-state index is 0.212. The summed E-state index contributed by atoms with van der Waals surface area (Å²) in [4.78, 5) is 28.0. The van der Waals surface area contributed by atoms with Crippen LogP contribution in [0.25, 0.3) is 10.9 Å². The summed E-state index contributed by atoms with van der Waals surface area (Å²) in [6.07, 6.45) is 0.588. The van der Waals surface area contributed by atoms with E-state index in [9.17, 15) is 9.59 Å². The topological polar surface area (TPSA) is 72.1 Å². The fraction of sp³-hybridized carbons (Fsp3) is 0.100. The summed E-state index contributed by atoms with van der Waals surface area (Å²) in [5.41, 5.74) is 0.0452. The third kappa shape index (κ3) is 1.48. The van der Waals surface area contributed by atoms with Crippen LogP contribution in [0.15, 0.2) is 23.0 Å². The minimum Gasteiger partial charge on any atom is -0.494 e. The third-order valence-corrected chi connectivity index (χ3v) is 2.08. The quantitative estimate of drug-likeness (QED) is 0.732. The van der Waals surface area contributed by atoms with Gasteiger partial charge in [0.05, 0.1) is 12.8 Å². The highest BCUT2D eigenvalue weighted by Crippen LogP contribution is 2.22. The summed E-state index contributed by atoms with van der Waals surface area (Å²) in [6.45, 7) is 0. The van der Waals surface area contributed by atoms with Crippen molar-refractivity contribution in [2.24, 2.45) is 0 Å². The number of para-hydroxylation sites is 1. The Morgan fingerprint density at radius 2 is 2.27 bits per heavy atom. The van der Waals surface area contributed by atoms with Crippen molar-refractivity contribution < 1.29 is 9.53 Å². The first-order chi connectivity index (χ1) is 7.26. The maximum absolute atomic E-state index is 11.2. The van der Waals surface area contributed by atoms with Crippen molar-refractivity contribution >= 4 is 17.2 Å². The molecule has 0 aliphatic carbocycles. The van der Waals surface area contributed by atoms with Crippen LogP contribution in [0.3, 0.4) is 0 Å². The molecule has 1 aromatic carbocycles. The molecule has 0 amide bonds. The molecule has 0 aliphatic rings. The number of ether oxygens (including phenoxy) is 1. The number of aromatic amines is 1. The van der Waals surface area contributed by atoms with E-state index < -0.39 is 5.69 Å². The highest BCUT2D eigenvalue weighted by molar-refractivity contribution is 5.96. The molecule has 0 unspecified atom stereocenters. The van der Waals surface area contributed by atoms with E-state index in [1.165, 1.54) is 7.11 Å². The Labute approximate surface area is 84.7 Å². The van der Waals surface area contributed by atoms with Crippen LogP contribution in [0.2, 0.25) is 0 Å². The van der Waals surface area contributed by atoms with Gasteiger partial charge in [-0.2, -0.15) is 4.98 Å². The van der Waals surface area contributed by atoms with Gasteiger partial charge in [0.15, 0.2) is 6.29 Å². The van der Waals surface area contributed by atoms with Crippen LogP contribution in [-0.2, 0) is 0 Å². The molecule has 0 atom stereocenters. The van der Waals surface area contributed by atoms with Gasteiger partial charge in [0, 0.05) is 5.39 Å². The number of H-pyrrole nitrogens is 1. The number of hydrogen-bond acceptors (Lipinski definition) is 4. The molecule has 5 heteroatoms. The zero-order valence-corrected chi connectivity index (χ0v) is 7.98. The zero-order valence-electron chi connectivity index (χ0n) is 7.98. The van der Waals surface area contributed by atoms with E-state index in [1.54, 1.807) is 18.2 Å². The third-order valence-electron chi connectivity index (χ3n) is 2.08. The lowest BCUT2D eigenvalue weighted by molar-refractivity contribution is 0.112. The molecule has 0 aliphatic heterocycles. The Bertz CT molecular complexity index is 574. The van der Waals surface area contributed by atoms with E-state index in [1.807, 2.05) is 0 Å². The minimum atomic E-state index is -0.561. The van der Waals surface area contributed by atoms with Gasteiger partial charge in [-0.15, -0.1) is 0 Å². The van der Waals surface area contributed by atoms with Crippen LogP contribution in [0.4, 0.5) is 0 Å². The molecule has 2 rings (SSSR count). The Hall–Kier alpha value is -2.17. The second-order valence-corrected chi connectivity index (χ2v) is 2.93. The van der Waals surface area contributed by atoms with Crippen molar-refractivity contribution in [1.82, 2.24) is 9.97 Å². The van der Waals surface area contributed by atoms with Crippen LogP contribution in [0, 0.1) is 0 Å². The Balaban J connectivity index is 2.94. The van der Waals surface area contributed by atoms with E-state index in [-0.39, 0.29) is 5.69 Å². The SMILES string of the molecule is COc1cccc2c(C=O)[nH]c(=O)nc12. The Kier molecular flexibility index (Phi) is 2.21. The lowest BCUT2D eigenvalue weighted by Crippen LogP contribution is -2.13. The molecule has 0 saturated heterocycles. The highest BCUT2D eigenvalue weighted by atomic mass is 16.5. The van der Waals surface area contributed by atoms with E-state index in [0.717, 1.165) is 0 Å². The van der Waals surface area contributed by atoms with Crippen LogP contribution < -0.4 is 10.4 Å². The number of rotatable bonds is 2. The number of benzene rings is 1. The molecule has 0 bridgehead atoms. The molecule has 2 aromatic rings. The smallest absolute Gasteiger partial charge is 0.346 e. The van der Waals surface area contributed by atoms with Crippen LogP contribution >= 0.6 is 0 Å². The van der Waals surface area contributed by atoms with Gasteiger partial charge in [0.2, 0.25) is 0 Å². The summed E-state index contributed by atoms with van der Waals surface area (Å²) >= 11 is 0. The Morgan fingerprint density at radius 1 is 1.47 bits per heavy atom. The van der Waals surface area contributed by atoms with Gasteiger partial charge >= 0.3 is 5.69 Å². The predicted octanol–water partition coefficient (Wildman–Crippen LogP) is 0.744. The van der Waals surface area contributed by atoms with Crippen LogP contribution in [-0.4, -0.2) is 23.4 Å². The zero-order chi connectivity index (χ0) is 10.8. The fourth-order valence-electron chi connectivity index (χ4n) is 1.42. The summed E-state index contributed by atoms with van der Waals surface area (Å²) in [5, 5.41) is 0.573. The Morgan fingerprint density at radius 3 is 2.93 bits per heavy atom. The molecule has 76 valence electrons. The first-order valence-electron chi connectivity index (χ1n) is 4.28. The van der Waals surface area contributed by atoms with Crippen molar-refractivity contribution in [2.75, 3.05) is 7.11 Å². The number of aldehydes is 1. The van der Waals surface area contributed by atoms with Crippen molar-refractivity contribution in [3.8, 4) is 5.75 Å². The molecule has 1 aromatic heterocycles. The number of nitrogens with zero attached hydrogens (tertiary/aromatic N) is 1. The first-order valence-corrected chi connectivity index (χ1v) is 4.28. The number of carbonyl (C=O) groups excluding carboxylic acids is 1. The largest absolute Gasteiger partial charge is 0.494 e. The number of carbonyl (C=O) groups is 1. The van der Waals surface area contributed by atoms with Gasteiger partial charge in [-0.1, -0.05) is 12.1 Å². The van der Waals surface area contributed by atoms with Gasteiger partial charge in [-0.3, -0.25) is 4.79 Å². The standard InChI is InChI=1S/C10H8N2O3/c1-15-8-4-2-3-6-7(5-13)11-10(14)12-9(6)8/h2-5H,1H3,(H,11,12,14). The monoisotopic (exact) mass is 204 g/mol. The van der Waals surface area contributed by atoms with Crippen molar-refractivity contribution in [3.63, 3.8) is 0 Å². The van der Waals surface area contributed by atoms with Crippen LogP contribution in [0.5, 0.6) is 5.75 Å². The summed E-state index contributed by atoms with van der Waals surface area (Å²) < 4.78 is 5.05. The molecular formula is C10H8N2O3. The molecule has 1 heterocycles. The van der Waals surface area contributed by atoms with E-state index in [4.69, 9.17) is 4.74 Å². The molecule has 1 N–H and O–H groups in total. The molecular weight excluding hydrogens is 196 g/mol. The number of methoxy groups -OCH3 is 1. The van der Waals surface area contributed by atoms with Gasteiger partial charge in [0.25, 0.3) is 0 Å². The molecule has 0 spiro atoms. The van der Waals surface area contributed by atoms with E-state index in [2.05, 4.69) is 9.97 Å². The lowest BCUT2D eigenvalue weighted by atomic mass is 10.2. The average molecular weight is 204 g/mol. The van der Waals surface area contributed by atoms with E-state index in [0.29, 0.717) is 22.9 Å². The summed E-state index contributed by atoms with van der Waals surface area (Å²) in [7, 11) is 1.48. The normalized spacial score (nSPS) is 10.2. The predicted molar refractivity (Wildman–Crippen MR) is 54.3 cm³/mol. The number of fused-ring (bicyclic) bond motifs is 1. The first kappa shape index (κ1) is 9.39. The van der Waals surface area contributed by atoms with Gasteiger partial charge in [0.1, 0.15) is 11.3 Å². The molecule has 5 nitrogen and oxygen atoms in total. The lowest BCUT2D eigenvalue weighted by Gasteiger charge is -2.04. The molecule has 15 heavy (non-hydrogen) atoms. The molecule has 0 saturated carbocycles. The number of aromatic nitrogens is 2. The summed E-state index contributed by atoms with van der Waals surface area (Å²) in [6, 6.07) is 5.11. The fourth-order valence-corrected chi connectivity index (χ4v) is 1.42. The maximum atomic E-state index is 11.2. The second kappa shape index (κ2) is 3.53. The van der Waals surface area contributed by atoms with Gasteiger partial charge < -0.3 is 9.72 Å². The summed E-state index contributed by atoms with van der Waals surface area (Å²) in [5.74, 6) is 0.474. The van der Waals surface area contributed by atoms with Crippen molar-refractivity contribution in [2.45, 2.75) is 0 Å². The maximum Gasteiger partial charge on any atom is 0.346 e. The van der Waals surface area contributed by atoms with Crippen molar-refractivity contribution in [1.29, 1.82) is 0 Å². The highest BCUT2D eigenvalue weighted by Gasteiger charge is 2.07. The van der Waals surface area contributed by atoms with Gasteiger partial charge in [-0.25, -0.2) is 4.79 Å². The second-order valence-electron chi connectivity index (χ2n) is 2.93. The molecule has 0 fully saturated rings. The van der Waals surface area contributed by atoms with Crippen molar-refractivity contribution in [3.05, 3.63) is 34.4 Å².